The number of ether oxygens (including phenoxy) is 1. The first kappa shape index (κ1) is 12.6. The monoisotopic (exact) mass is 246 g/mol. The molecule has 0 spiro atoms. The number of nitrogen functional groups attached to an aromatic ring is 1. The van der Waals surface area contributed by atoms with Crippen LogP contribution in [0.5, 0.6) is 0 Å². The maximum absolute atomic E-state index is 5.86. The Bertz CT molecular complexity index is 534. The lowest BCUT2D eigenvalue weighted by Gasteiger charge is -2.10. The fourth-order valence-corrected chi connectivity index (χ4v) is 1.98. The van der Waals surface area contributed by atoms with Gasteiger partial charge >= 0.3 is 0 Å². The van der Waals surface area contributed by atoms with Crippen molar-refractivity contribution in [1.82, 2.24) is 15.0 Å². The maximum Gasteiger partial charge on any atom is 0.169 e. The Labute approximate surface area is 107 Å². The first-order valence-corrected chi connectivity index (χ1v) is 5.92. The Morgan fingerprint density at radius 2 is 2.17 bits per heavy atom. The smallest absolute Gasteiger partial charge is 0.169 e. The lowest BCUT2D eigenvalue weighted by Crippen LogP contribution is -2.06. The average molecular weight is 246 g/mol. The van der Waals surface area contributed by atoms with Crippen molar-refractivity contribution in [3.63, 3.8) is 0 Å². The van der Waals surface area contributed by atoms with Crippen molar-refractivity contribution in [1.29, 1.82) is 0 Å². The van der Waals surface area contributed by atoms with E-state index in [1.165, 1.54) is 0 Å². The number of rotatable bonds is 4. The number of hydrogen-bond donors (Lipinski definition) is 1. The van der Waals surface area contributed by atoms with Crippen molar-refractivity contribution in [2.24, 2.45) is 0 Å². The summed E-state index contributed by atoms with van der Waals surface area (Å²) in [4.78, 5) is 0. The van der Waals surface area contributed by atoms with E-state index in [0.717, 1.165) is 16.9 Å². The van der Waals surface area contributed by atoms with Crippen molar-refractivity contribution in [2.75, 3.05) is 12.8 Å². The van der Waals surface area contributed by atoms with Crippen LogP contribution < -0.4 is 5.73 Å². The molecule has 1 aromatic heterocycles. The standard InChI is InChI=1S/C13H18N4O/c1-9(2)12-13(14)15-16-17(12)11-6-4-5-10(7-11)8-18-3/h4-7,9H,8,14H2,1-3H3. The third-order valence-corrected chi connectivity index (χ3v) is 2.75. The molecule has 0 aliphatic heterocycles. The maximum atomic E-state index is 5.86. The molecule has 18 heavy (non-hydrogen) atoms. The molecule has 0 saturated carbocycles. The topological polar surface area (TPSA) is 66.0 Å². The van der Waals surface area contributed by atoms with Crippen LogP contribution in [0.25, 0.3) is 5.69 Å². The lowest BCUT2D eigenvalue weighted by atomic mass is 10.1. The first-order chi connectivity index (χ1) is 8.63. The molecule has 0 unspecified atom stereocenters. The van der Waals surface area contributed by atoms with Gasteiger partial charge in [-0.15, -0.1) is 5.10 Å². The van der Waals surface area contributed by atoms with Crippen LogP contribution in [-0.2, 0) is 11.3 Å². The summed E-state index contributed by atoms with van der Waals surface area (Å²) in [5.74, 6) is 0.758. The van der Waals surface area contributed by atoms with E-state index in [0.29, 0.717) is 12.4 Å². The molecular formula is C13H18N4O. The molecule has 0 saturated heterocycles. The van der Waals surface area contributed by atoms with Crippen LogP contribution in [0.3, 0.4) is 0 Å². The highest BCUT2D eigenvalue weighted by molar-refractivity contribution is 5.43. The molecule has 0 fully saturated rings. The van der Waals surface area contributed by atoms with Gasteiger partial charge in [-0.25, -0.2) is 4.68 Å². The molecule has 0 aliphatic carbocycles. The van der Waals surface area contributed by atoms with E-state index in [4.69, 9.17) is 10.5 Å². The molecule has 1 heterocycles. The number of aromatic nitrogens is 3. The predicted octanol–water partition coefficient (Wildman–Crippen LogP) is 2.12. The Balaban J connectivity index is 2.45. The van der Waals surface area contributed by atoms with Crippen LogP contribution in [0.15, 0.2) is 24.3 Å². The number of nitrogens with zero attached hydrogens (tertiary/aromatic N) is 3. The Morgan fingerprint density at radius 1 is 1.39 bits per heavy atom. The van der Waals surface area contributed by atoms with Gasteiger partial charge in [-0.05, 0) is 23.6 Å². The van der Waals surface area contributed by atoms with Crippen LogP contribution in [0, 0.1) is 0 Å². The molecule has 1 aromatic carbocycles. The van der Waals surface area contributed by atoms with E-state index in [9.17, 15) is 0 Å². The summed E-state index contributed by atoms with van der Waals surface area (Å²) in [6.07, 6.45) is 0. The van der Waals surface area contributed by atoms with Crippen LogP contribution >= 0.6 is 0 Å². The molecule has 5 heteroatoms. The van der Waals surface area contributed by atoms with E-state index in [1.54, 1.807) is 11.8 Å². The van der Waals surface area contributed by atoms with Gasteiger partial charge in [-0.1, -0.05) is 31.2 Å². The molecule has 96 valence electrons. The fraction of sp³-hybridized carbons (Fsp3) is 0.385. The number of methoxy groups -OCH3 is 1. The summed E-state index contributed by atoms with van der Waals surface area (Å²) in [6, 6.07) is 8.01. The van der Waals surface area contributed by atoms with Crippen molar-refractivity contribution >= 4 is 5.82 Å². The van der Waals surface area contributed by atoms with Gasteiger partial charge in [-0.2, -0.15) is 0 Å². The molecule has 2 aromatic rings. The highest BCUT2D eigenvalue weighted by atomic mass is 16.5. The van der Waals surface area contributed by atoms with Crippen molar-refractivity contribution in [3.8, 4) is 5.69 Å². The number of benzene rings is 1. The van der Waals surface area contributed by atoms with Gasteiger partial charge < -0.3 is 10.5 Å². The zero-order valence-corrected chi connectivity index (χ0v) is 10.9. The molecule has 0 bridgehead atoms. The second-order valence-electron chi connectivity index (χ2n) is 4.53. The minimum Gasteiger partial charge on any atom is -0.381 e. The SMILES string of the molecule is COCc1cccc(-n2nnc(N)c2C(C)C)c1. The van der Waals surface area contributed by atoms with E-state index in [-0.39, 0.29) is 5.92 Å². The van der Waals surface area contributed by atoms with Gasteiger partial charge in [0.15, 0.2) is 5.82 Å². The fourth-order valence-electron chi connectivity index (χ4n) is 1.98. The van der Waals surface area contributed by atoms with Crippen molar-refractivity contribution in [2.45, 2.75) is 26.4 Å². The quantitative estimate of drug-likeness (QED) is 0.897. The first-order valence-electron chi connectivity index (χ1n) is 5.92. The van der Waals surface area contributed by atoms with Crippen LogP contribution in [-0.4, -0.2) is 22.1 Å². The molecule has 0 amide bonds. The lowest BCUT2D eigenvalue weighted by molar-refractivity contribution is 0.185. The van der Waals surface area contributed by atoms with Gasteiger partial charge in [0.05, 0.1) is 18.0 Å². The minimum absolute atomic E-state index is 0.270. The molecule has 0 radical (unpaired) electrons. The van der Waals surface area contributed by atoms with Gasteiger partial charge in [0.25, 0.3) is 0 Å². The molecule has 5 nitrogen and oxygen atoms in total. The summed E-state index contributed by atoms with van der Waals surface area (Å²) in [7, 11) is 1.68. The Hall–Kier alpha value is -1.88. The zero-order chi connectivity index (χ0) is 13.1. The second-order valence-corrected chi connectivity index (χ2v) is 4.53. The van der Waals surface area contributed by atoms with Gasteiger partial charge in [0.2, 0.25) is 0 Å². The highest BCUT2D eigenvalue weighted by Crippen LogP contribution is 2.23. The summed E-state index contributed by atoms with van der Waals surface area (Å²) in [6.45, 7) is 4.73. The average Bonchev–Trinajstić information content (AvgIpc) is 2.72. The van der Waals surface area contributed by atoms with E-state index >= 15 is 0 Å². The molecule has 2 N–H and O–H groups in total. The third-order valence-electron chi connectivity index (χ3n) is 2.75. The van der Waals surface area contributed by atoms with Crippen molar-refractivity contribution in [3.05, 3.63) is 35.5 Å². The predicted molar refractivity (Wildman–Crippen MR) is 70.6 cm³/mol. The van der Waals surface area contributed by atoms with E-state index in [1.807, 2.05) is 24.3 Å². The molecular weight excluding hydrogens is 228 g/mol. The minimum atomic E-state index is 0.270. The summed E-state index contributed by atoms with van der Waals surface area (Å²) < 4.78 is 6.92. The number of anilines is 1. The normalized spacial score (nSPS) is 11.1. The molecule has 2 rings (SSSR count). The van der Waals surface area contributed by atoms with Crippen LogP contribution in [0.4, 0.5) is 5.82 Å². The number of nitrogens with two attached hydrogens (primary N) is 1. The largest absolute Gasteiger partial charge is 0.381 e. The van der Waals surface area contributed by atoms with Crippen LogP contribution in [0.1, 0.15) is 31.0 Å². The molecule has 0 aliphatic rings. The second kappa shape index (κ2) is 5.18. The summed E-state index contributed by atoms with van der Waals surface area (Å²) >= 11 is 0. The Kier molecular flexibility index (Phi) is 3.62. The van der Waals surface area contributed by atoms with Gasteiger partial charge in [-0.3, -0.25) is 0 Å². The third kappa shape index (κ3) is 2.36. The van der Waals surface area contributed by atoms with Gasteiger partial charge in [0, 0.05) is 7.11 Å². The van der Waals surface area contributed by atoms with Gasteiger partial charge in [0.1, 0.15) is 0 Å². The summed E-state index contributed by atoms with van der Waals surface area (Å²) in [5, 5.41) is 8.06. The number of hydrogen-bond acceptors (Lipinski definition) is 4. The summed E-state index contributed by atoms with van der Waals surface area (Å²) in [5.41, 5.74) is 8.84. The zero-order valence-electron chi connectivity index (χ0n) is 10.9. The molecule has 0 atom stereocenters. The Morgan fingerprint density at radius 3 is 2.83 bits per heavy atom. The van der Waals surface area contributed by atoms with E-state index < -0.39 is 0 Å². The van der Waals surface area contributed by atoms with Crippen LogP contribution in [0.2, 0.25) is 0 Å². The van der Waals surface area contributed by atoms with E-state index in [2.05, 4.69) is 24.2 Å². The highest BCUT2D eigenvalue weighted by Gasteiger charge is 2.15. The van der Waals surface area contributed by atoms with Crippen molar-refractivity contribution < 1.29 is 4.74 Å².